The van der Waals surface area contributed by atoms with Crippen LogP contribution in [0.3, 0.4) is 0 Å². The van der Waals surface area contributed by atoms with Gasteiger partial charge in [-0.3, -0.25) is 9.59 Å². The van der Waals surface area contributed by atoms with Crippen molar-refractivity contribution in [1.82, 2.24) is 15.5 Å². The molecule has 0 aliphatic heterocycles. The summed E-state index contributed by atoms with van der Waals surface area (Å²) in [6.45, 7) is 2.34. The quantitative estimate of drug-likeness (QED) is 0.403. The third-order valence-electron chi connectivity index (χ3n) is 5.61. The Labute approximate surface area is 196 Å². The monoisotopic (exact) mass is 456 g/mol. The minimum absolute atomic E-state index is 0.0613. The smallest absolute Gasteiger partial charge is 0.259 e. The molecule has 0 spiro atoms. The molecule has 1 saturated carbocycles. The molecular weight excluding hydrogens is 432 g/mol. The highest BCUT2D eigenvalue weighted by Gasteiger charge is 2.29. The summed E-state index contributed by atoms with van der Waals surface area (Å²) < 4.78 is 11.0. The van der Waals surface area contributed by atoms with E-state index in [2.05, 4.69) is 20.8 Å². The highest BCUT2D eigenvalue weighted by atomic mass is 16.5. The molecule has 1 aliphatic rings. The zero-order valence-electron chi connectivity index (χ0n) is 18.7. The van der Waals surface area contributed by atoms with Gasteiger partial charge in [-0.15, -0.1) is 0 Å². The zero-order chi connectivity index (χ0) is 23.5. The lowest BCUT2D eigenvalue weighted by atomic mass is 10.0. The van der Waals surface area contributed by atoms with Crippen molar-refractivity contribution in [2.45, 2.75) is 25.7 Å². The maximum atomic E-state index is 13.4. The van der Waals surface area contributed by atoms with Gasteiger partial charge in [0.2, 0.25) is 0 Å². The van der Waals surface area contributed by atoms with Crippen molar-refractivity contribution >= 4 is 28.6 Å². The van der Waals surface area contributed by atoms with Crippen molar-refractivity contribution in [2.75, 3.05) is 18.5 Å². The summed E-state index contributed by atoms with van der Waals surface area (Å²) in [7, 11) is 0. The third-order valence-corrected chi connectivity index (χ3v) is 5.61. The van der Waals surface area contributed by atoms with Crippen LogP contribution in [0.5, 0.6) is 5.75 Å². The van der Waals surface area contributed by atoms with Gasteiger partial charge in [0, 0.05) is 29.4 Å². The van der Waals surface area contributed by atoms with Gasteiger partial charge in [0.05, 0.1) is 10.9 Å². The number of hydrogen-bond acceptors (Lipinski definition) is 6. The summed E-state index contributed by atoms with van der Waals surface area (Å²) in [6, 6.07) is 18.3. The van der Waals surface area contributed by atoms with E-state index in [1.807, 2.05) is 43.3 Å². The molecule has 0 unspecified atom stereocenters. The molecule has 2 N–H and O–H groups in total. The number of amides is 2. The second kappa shape index (κ2) is 9.35. The van der Waals surface area contributed by atoms with E-state index in [0.29, 0.717) is 46.3 Å². The first kappa shape index (κ1) is 21.6. The Morgan fingerprint density at radius 1 is 1.09 bits per heavy atom. The van der Waals surface area contributed by atoms with Gasteiger partial charge >= 0.3 is 0 Å². The predicted molar refractivity (Wildman–Crippen MR) is 128 cm³/mol. The van der Waals surface area contributed by atoms with Gasteiger partial charge in [-0.1, -0.05) is 35.5 Å². The molecule has 2 aromatic heterocycles. The summed E-state index contributed by atoms with van der Waals surface area (Å²) >= 11 is 0. The van der Waals surface area contributed by atoms with E-state index in [-0.39, 0.29) is 18.4 Å². The van der Waals surface area contributed by atoms with Crippen molar-refractivity contribution in [1.29, 1.82) is 0 Å². The molecule has 0 atom stereocenters. The molecule has 34 heavy (non-hydrogen) atoms. The average Bonchev–Trinajstić information content (AvgIpc) is 3.63. The number of fused-ring (bicyclic) bond motifs is 1. The van der Waals surface area contributed by atoms with Crippen LogP contribution in [0.2, 0.25) is 0 Å². The first-order valence-corrected chi connectivity index (χ1v) is 11.3. The predicted octanol–water partition coefficient (Wildman–Crippen LogP) is 4.53. The molecule has 2 heterocycles. The molecule has 1 fully saturated rings. The highest BCUT2D eigenvalue weighted by molar-refractivity contribution is 6.14. The van der Waals surface area contributed by atoms with Gasteiger partial charge in [-0.05, 0) is 50.1 Å². The number of carbonyl (C=O) groups excluding carboxylic acids is 2. The molecule has 172 valence electrons. The van der Waals surface area contributed by atoms with Gasteiger partial charge in [0.25, 0.3) is 17.5 Å². The maximum absolute atomic E-state index is 13.4. The SMILES string of the molecule is CCNC(=O)COc1ccc(NC(=O)c2cc(C3CC3)nc3onc(-c4ccccc4)c23)cc1. The third kappa shape index (κ3) is 4.61. The van der Waals surface area contributed by atoms with Crippen LogP contribution < -0.4 is 15.4 Å². The van der Waals surface area contributed by atoms with Crippen molar-refractivity contribution < 1.29 is 18.8 Å². The summed E-state index contributed by atoms with van der Waals surface area (Å²) in [5.74, 6) is 0.432. The molecule has 0 saturated heterocycles. The van der Waals surface area contributed by atoms with Gasteiger partial charge in [-0.2, -0.15) is 0 Å². The summed E-state index contributed by atoms with van der Waals surface area (Å²) in [5, 5.41) is 10.4. The fourth-order valence-electron chi connectivity index (χ4n) is 3.76. The lowest BCUT2D eigenvalue weighted by Gasteiger charge is -2.10. The molecule has 4 aromatic rings. The Balaban J connectivity index is 1.41. The van der Waals surface area contributed by atoms with E-state index < -0.39 is 0 Å². The van der Waals surface area contributed by atoms with Crippen molar-refractivity contribution in [3.8, 4) is 17.0 Å². The van der Waals surface area contributed by atoms with E-state index >= 15 is 0 Å². The molecular formula is C26H24N4O4. The van der Waals surface area contributed by atoms with Crippen molar-refractivity contribution in [3.63, 3.8) is 0 Å². The average molecular weight is 457 g/mol. The van der Waals surface area contributed by atoms with Crippen LogP contribution >= 0.6 is 0 Å². The Morgan fingerprint density at radius 2 is 1.85 bits per heavy atom. The fraction of sp³-hybridized carbons (Fsp3) is 0.231. The number of ether oxygens (including phenoxy) is 1. The number of nitrogens with zero attached hydrogens (tertiary/aromatic N) is 2. The van der Waals surface area contributed by atoms with Crippen molar-refractivity contribution in [2.24, 2.45) is 0 Å². The minimum atomic E-state index is -0.273. The number of likely N-dealkylation sites (N-methyl/N-ethyl adjacent to an activating group) is 1. The summed E-state index contributed by atoms with van der Waals surface area (Å²) in [6.07, 6.45) is 2.11. The van der Waals surface area contributed by atoms with E-state index in [0.717, 1.165) is 24.1 Å². The Hall–Kier alpha value is -4.20. The van der Waals surface area contributed by atoms with Crippen LogP contribution in [-0.4, -0.2) is 35.1 Å². The number of aromatic nitrogens is 2. The van der Waals surface area contributed by atoms with Crippen LogP contribution in [0.4, 0.5) is 5.69 Å². The lowest BCUT2D eigenvalue weighted by molar-refractivity contribution is -0.122. The second-order valence-corrected chi connectivity index (χ2v) is 8.17. The maximum Gasteiger partial charge on any atom is 0.259 e. The zero-order valence-corrected chi connectivity index (χ0v) is 18.7. The molecule has 1 aliphatic carbocycles. The van der Waals surface area contributed by atoms with E-state index in [9.17, 15) is 9.59 Å². The number of nitrogens with one attached hydrogen (secondary N) is 2. The number of anilines is 1. The Bertz CT molecular complexity index is 1330. The Kier molecular flexibility index (Phi) is 5.95. The number of hydrogen-bond donors (Lipinski definition) is 2. The van der Waals surface area contributed by atoms with Crippen LogP contribution in [0.1, 0.15) is 41.7 Å². The standard InChI is InChI=1S/C26H24N4O4/c1-2-27-22(31)15-33-19-12-10-18(11-13-19)28-25(32)20-14-21(16-8-9-16)29-26-23(20)24(30-34-26)17-6-4-3-5-7-17/h3-7,10-14,16H,2,8-9,15H2,1H3,(H,27,31)(H,28,32). The minimum Gasteiger partial charge on any atom is -0.484 e. The molecule has 2 amide bonds. The molecule has 0 radical (unpaired) electrons. The number of rotatable bonds is 8. The van der Waals surface area contributed by atoms with Crippen LogP contribution in [0, 0.1) is 0 Å². The summed E-state index contributed by atoms with van der Waals surface area (Å²) in [4.78, 5) is 29.6. The topological polar surface area (TPSA) is 106 Å². The number of carbonyl (C=O) groups is 2. The molecule has 5 rings (SSSR count). The largest absolute Gasteiger partial charge is 0.484 e. The van der Waals surface area contributed by atoms with Crippen molar-refractivity contribution in [3.05, 3.63) is 71.9 Å². The molecule has 8 heteroatoms. The number of benzene rings is 2. The summed E-state index contributed by atoms with van der Waals surface area (Å²) in [5.41, 5.74) is 3.73. The van der Waals surface area contributed by atoms with Gasteiger partial charge in [0.15, 0.2) is 6.61 Å². The van der Waals surface area contributed by atoms with E-state index in [4.69, 9.17) is 9.26 Å². The fourth-order valence-corrected chi connectivity index (χ4v) is 3.76. The first-order valence-electron chi connectivity index (χ1n) is 11.3. The molecule has 2 aromatic carbocycles. The first-order chi connectivity index (χ1) is 16.6. The van der Waals surface area contributed by atoms with Gasteiger partial charge in [0.1, 0.15) is 11.4 Å². The van der Waals surface area contributed by atoms with Gasteiger partial charge < -0.3 is 19.9 Å². The molecule has 0 bridgehead atoms. The Morgan fingerprint density at radius 3 is 2.56 bits per heavy atom. The lowest BCUT2D eigenvalue weighted by Crippen LogP contribution is -2.28. The van der Waals surface area contributed by atoms with Crippen LogP contribution in [-0.2, 0) is 4.79 Å². The normalized spacial score (nSPS) is 13.0. The second-order valence-electron chi connectivity index (χ2n) is 8.17. The van der Waals surface area contributed by atoms with Gasteiger partial charge in [-0.25, -0.2) is 4.98 Å². The highest BCUT2D eigenvalue weighted by Crippen LogP contribution is 2.41. The molecule has 8 nitrogen and oxygen atoms in total. The van der Waals surface area contributed by atoms with Crippen LogP contribution in [0.25, 0.3) is 22.4 Å². The van der Waals surface area contributed by atoms with E-state index in [1.165, 1.54) is 0 Å². The number of pyridine rings is 1. The van der Waals surface area contributed by atoms with Crippen LogP contribution in [0.15, 0.2) is 65.2 Å². The van der Waals surface area contributed by atoms with E-state index in [1.54, 1.807) is 24.3 Å².